The quantitative estimate of drug-likeness (QED) is 0.720. The van der Waals surface area contributed by atoms with Crippen molar-refractivity contribution in [3.05, 3.63) is 29.8 Å². The van der Waals surface area contributed by atoms with Crippen molar-refractivity contribution in [1.29, 1.82) is 0 Å². The molecule has 23 heavy (non-hydrogen) atoms. The van der Waals surface area contributed by atoms with Crippen molar-refractivity contribution >= 4 is 17.5 Å². The average molecular weight is 317 g/mol. The zero-order valence-corrected chi connectivity index (χ0v) is 13.9. The van der Waals surface area contributed by atoms with Crippen LogP contribution >= 0.6 is 0 Å². The summed E-state index contributed by atoms with van der Waals surface area (Å²) in [6.45, 7) is 3.89. The maximum absolute atomic E-state index is 12.2. The average Bonchev–Trinajstić information content (AvgIpc) is 2.93. The Bertz CT molecular complexity index is 528. The minimum absolute atomic E-state index is 0.00761. The summed E-state index contributed by atoms with van der Waals surface area (Å²) >= 11 is 0. The summed E-state index contributed by atoms with van der Waals surface area (Å²) in [7, 11) is 0. The first-order valence-electron chi connectivity index (χ1n) is 8.46. The molecule has 2 amide bonds. The number of carbonyl (C=O) groups is 2. The minimum Gasteiger partial charge on any atom is -0.356 e. The molecule has 1 atom stereocenters. The number of amides is 2. The van der Waals surface area contributed by atoms with E-state index in [1.807, 2.05) is 31.2 Å². The number of nitrogens with one attached hydrogen (secondary N) is 1. The highest BCUT2D eigenvalue weighted by molar-refractivity contribution is 6.00. The number of hydrogen-bond donors (Lipinski definition) is 2. The van der Waals surface area contributed by atoms with Crippen LogP contribution in [0, 0.1) is 12.8 Å². The topological polar surface area (TPSA) is 75.4 Å². The van der Waals surface area contributed by atoms with Gasteiger partial charge in [0.2, 0.25) is 11.8 Å². The monoisotopic (exact) mass is 317 g/mol. The van der Waals surface area contributed by atoms with E-state index in [9.17, 15) is 9.59 Å². The SMILES string of the molecule is Cc1ccc(N2CC(C(=O)NCCCCCCN)CC2=O)cc1. The smallest absolute Gasteiger partial charge is 0.227 e. The Morgan fingerprint density at radius 3 is 2.61 bits per heavy atom. The Morgan fingerprint density at radius 2 is 1.91 bits per heavy atom. The molecule has 5 nitrogen and oxygen atoms in total. The lowest BCUT2D eigenvalue weighted by molar-refractivity contribution is -0.126. The zero-order valence-electron chi connectivity index (χ0n) is 13.9. The summed E-state index contributed by atoms with van der Waals surface area (Å²) in [5.41, 5.74) is 7.48. The molecular formula is C18H27N3O2. The lowest BCUT2D eigenvalue weighted by Crippen LogP contribution is -2.33. The molecule has 2 rings (SSSR count). The van der Waals surface area contributed by atoms with Crippen LogP contribution in [0.2, 0.25) is 0 Å². The van der Waals surface area contributed by atoms with Crippen molar-refractivity contribution in [3.63, 3.8) is 0 Å². The molecule has 5 heteroatoms. The fourth-order valence-corrected chi connectivity index (χ4v) is 2.84. The van der Waals surface area contributed by atoms with E-state index in [0.29, 0.717) is 19.5 Å². The highest BCUT2D eigenvalue weighted by atomic mass is 16.2. The molecule has 1 unspecified atom stereocenters. The third kappa shape index (κ3) is 5.06. The second kappa shape index (κ2) is 8.67. The number of hydrogen-bond acceptors (Lipinski definition) is 3. The number of anilines is 1. The second-order valence-corrected chi connectivity index (χ2v) is 6.23. The van der Waals surface area contributed by atoms with Crippen molar-refractivity contribution < 1.29 is 9.59 Å². The minimum atomic E-state index is -0.243. The van der Waals surface area contributed by atoms with Gasteiger partial charge in [-0.25, -0.2) is 0 Å². The predicted octanol–water partition coefficient (Wildman–Crippen LogP) is 1.98. The molecule has 1 aromatic rings. The highest BCUT2D eigenvalue weighted by Gasteiger charge is 2.34. The van der Waals surface area contributed by atoms with Gasteiger partial charge in [0.25, 0.3) is 0 Å². The molecule has 126 valence electrons. The van der Waals surface area contributed by atoms with Crippen LogP contribution in [0.5, 0.6) is 0 Å². The molecule has 0 aliphatic carbocycles. The van der Waals surface area contributed by atoms with Gasteiger partial charge >= 0.3 is 0 Å². The van der Waals surface area contributed by atoms with Gasteiger partial charge in [0.05, 0.1) is 5.92 Å². The zero-order chi connectivity index (χ0) is 16.7. The Balaban J connectivity index is 1.77. The first kappa shape index (κ1) is 17.5. The van der Waals surface area contributed by atoms with Crippen LogP contribution in [-0.4, -0.2) is 31.4 Å². The van der Waals surface area contributed by atoms with E-state index < -0.39 is 0 Å². The number of unbranched alkanes of at least 4 members (excludes halogenated alkanes) is 3. The van der Waals surface area contributed by atoms with E-state index in [1.54, 1.807) is 4.90 Å². The Kier molecular flexibility index (Phi) is 6.59. The second-order valence-electron chi connectivity index (χ2n) is 6.23. The lowest BCUT2D eigenvalue weighted by atomic mass is 10.1. The predicted molar refractivity (Wildman–Crippen MR) is 92.2 cm³/mol. The Morgan fingerprint density at radius 1 is 1.22 bits per heavy atom. The third-order valence-corrected chi connectivity index (χ3v) is 4.27. The number of rotatable bonds is 8. The van der Waals surface area contributed by atoms with E-state index in [0.717, 1.165) is 43.5 Å². The van der Waals surface area contributed by atoms with Gasteiger partial charge in [-0.15, -0.1) is 0 Å². The van der Waals surface area contributed by atoms with Crippen LogP contribution in [0.1, 0.15) is 37.7 Å². The van der Waals surface area contributed by atoms with Crippen molar-refractivity contribution in [1.82, 2.24) is 5.32 Å². The summed E-state index contributed by atoms with van der Waals surface area (Å²) in [4.78, 5) is 26.1. The summed E-state index contributed by atoms with van der Waals surface area (Å²) in [5, 5.41) is 2.95. The van der Waals surface area contributed by atoms with Gasteiger partial charge in [0.1, 0.15) is 0 Å². The Hall–Kier alpha value is -1.88. The first-order chi connectivity index (χ1) is 11.1. The van der Waals surface area contributed by atoms with E-state index in [1.165, 1.54) is 0 Å². The summed E-state index contributed by atoms with van der Waals surface area (Å²) in [6.07, 6.45) is 4.49. The van der Waals surface area contributed by atoms with Crippen LogP contribution in [0.4, 0.5) is 5.69 Å². The molecule has 0 radical (unpaired) electrons. The summed E-state index contributed by atoms with van der Waals surface area (Å²) in [6, 6.07) is 7.84. The largest absolute Gasteiger partial charge is 0.356 e. The molecule has 1 saturated heterocycles. The molecule has 1 aliphatic rings. The van der Waals surface area contributed by atoms with Gasteiger partial charge in [0.15, 0.2) is 0 Å². The van der Waals surface area contributed by atoms with E-state index in [-0.39, 0.29) is 17.7 Å². The maximum atomic E-state index is 12.2. The van der Waals surface area contributed by atoms with E-state index in [2.05, 4.69) is 5.32 Å². The van der Waals surface area contributed by atoms with Crippen LogP contribution in [0.15, 0.2) is 24.3 Å². The van der Waals surface area contributed by atoms with Crippen LogP contribution in [-0.2, 0) is 9.59 Å². The molecule has 1 fully saturated rings. The van der Waals surface area contributed by atoms with Gasteiger partial charge in [-0.3, -0.25) is 9.59 Å². The standard InChI is InChI=1S/C18H27N3O2/c1-14-6-8-16(9-7-14)21-13-15(12-17(21)22)18(23)20-11-5-3-2-4-10-19/h6-9,15H,2-5,10-13,19H2,1H3,(H,20,23). The molecule has 0 aromatic heterocycles. The third-order valence-electron chi connectivity index (χ3n) is 4.27. The summed E-state index contributed by atoms with van der Waals surface area (Å²) in [5.74, 6) is -0.225. The van der Waals surface area contributed by atoms with Crippen molar-refractivity contribution in [2.24, 2.45) is 11.7 Å². The number of carbonyl (C=O) groups excluding carboxylic acids is 2. The molecule has 1 aliphatic heterocycles. The molecule has 1 aromatic carbocycles. The van der Waals surface area contributed by atoms with Gasteiger partial charge in [-0.1, -0.05) is 30.5 Å². The fourth-order valence-electron chi connectivity index (χ4n) is 2.84. The van der Waals surface area contributed by atoms with Gasteiger partial charge in [0, 0.05) is 25.2 Å². The number of benzene rings is 1. The van der Waals surface area contributed by atoms with Gasteiger partial charge < -0.3 is 16.0 Å². The van der Waals surface area contributed by atoms with E-state index in [4.69, 9.17) is 5.73 Å². The molecule has 0 saturated carbocycles. The van der Waals surface area contributed by atoms with Crippen LogP contribution < -0.4 is 16.0 Å². The van der Waals surface area contributed by atoms with Crippen molar-refractivity contribution in [3.8, 4) is 0 Å². The van der Waals surface area contributed by atoms with Crippen LogP contribution in [0.25, 0.3) is 0 Å². The molecule has 1 heterocycles. The molecule has 0 bridgehead atoms. The number of nitrogens with zero attached hydrogens (tertiary/aromatic N) is 1. The number of aryl methyl sites for hydroxylation is 1. The lowest BCUT2D eigenvalue weighted by Gasteiger charge is -2.17. The van der Waals surface area contributed by atoms with Crippen LogP contribution in [0.3, 0.4) is 0 Å². The molecule has 0 spiro atoms. The fraction of sp³-hybridized carbons (Fsp3) is 0.556. The van der Waals surface area contributed by atoms with Crippen molar-refractivity contribution in [2.45, 2.75) is 39.0 Å². The summed E-state index contributed by atoms with van der Waals surface area (Å²) < 4.78 is 0. The normalized spacial score (nSPS) is 17.6. The maximum Gasteiger partial charge on any atom is 0.227 e. The van der Waals surface area contributed by atoms with Gasteiger partial charge in [-0.05, 0) is 38.4 Å². The van der Waals surface area contributed by atoms with Crippen molar-refractivity contribution in [2.75, 3.05) is 24.5 Å². The van der Waals surface area contributed by atoms with Gasteiger partial charge in [-0.2, -0.15) is 0 Å². The number of nitrogens with two attached hydrogens (primary N) is 1. The first-order valence-corrected chi connectivity index (χ1v) is 8.46. The highest BCUT2D eigenvalue weighted by Crippen LogP contribution is 2.25. The van der Waals surface area contributed by atoms with E-state index >= 15 is 0 Å². The molecular weight excluding hydrogens is 290 g/mol. The Labute approximate surface area is 138 Å². The molecule has 3 N–H and O–H groups in total.